The van der Waals surface area contributed by atoms with E-state index in [1.165, 1.54) is 15.1 Å². The van der Waals surface area contributed by atoms with Crippen LogP contribution in [0.1, 0.15) is 12.5 Å². The van der Waals surface area contributed by atoms with Gasteiger partial charge >= 0.3 is 0 Å². The lowest BCUT2D eigenvalue weighted by molar-refractivity contribution is 0.560. The van der Waals surface area contributed by atoms with Gasteiger partial charge in [-0.3, -0.25) is 0 Å². The third-order valence-corrected chi connectivity index (χ3v) is 4.35. The number of hydrogen-bond acceptors (Lipinski definition) is 3. The molecule has 1 aromatic heterocycles. The molecule has 1 rings (SSSR count). The van der Waals surface area contributed by atoms with Crippen molar-refractivity contribution in [1.82, 2.24) is 5.32 Å². The van der Waals surface area contributed by atoms with E-state index in [0.717, 1.165) is 19.0 Å². The van der Waals surface area contributed by atoms with Gasteiger partial charge in [0.25, 0.3) is 0 Å². The van der Waals surface area contributed by atoms with Crippen LogP contribution in [0.3, 0.4) is 0 Å². The van der Waals surface area contributed by atoms with Crippen LogP contribution >= 0.6 is 39.0 Å². The zero-order chi connectivity index (χ0) is 10.4. The quantitative estimate of drug-likeness (QED) is 0.860. The largest absolute Gasteiger partial charge is 0.312 e. The van der Waals surface area contributed by atoms with Crippen molar-refractivity contribution in [2.24, 2.45) is 5.92 Å². The van der Waals surface area contributed by atoms with Crippen molar-refractivity contribution in [2.75, 3.05) is 18.6 Å². The van der Waals surface area contributed by atoms with Crippen LogP contribution in [0.25, 0.3) is 0 Å². The van der Waals surface area contributed by atoms with Crippen LogP contribution in [0.4, 0.5) is 0 Å². The molecule has 14 heavy (non-hydrogen) atoms. The molecule has 1 atom stereocenters. The Kier molecular flexibility index (Phi) is 6.17. The van der Waals surface area contributed by atoms with Gasteiger partial charge in [0.05, 0.1) is 3.79 Å². The highest BCUT2D eigenvalue weighted by molar-refractivity contribution is 9.11. The Hall–Kier alpha value is 0.490. The van der Waals surface area contributed by atoms with Gasteiger partial charge in [0.1, 0.15) is 0 Å². The van der Waals surface area contributed by atoms with Gasteiger partial charge in [-0.1, -0.05) is 6.92 Å². The van der Waals surface area contributed by atoms with Gasteiger partial charge in [0.15, 0.2) is 0 Å². The molecule has 4 heteroatoms. The molecule has 0 saturated carbocycles. The van der Waals surface area contributed by atoms with Crippen LogP contribution in [0.15, 0.2) is 15.2 Å². The van der Waals surface area contributed by atoms with E-state index >= 15 is 0 Å². The lowest BCUT2D eigenvalue weighted by atomic mass is 10.2. The molecular formula is C10H16BrNS2. The summed E-state index contributed by atoms with van der Waals surface area (Å²) in [6, 6.07) is 2.18. The molecule has 0 aliphatic carbocycles. The van der Waals surface area contributed by atoms with Crippen LogP contribution in [-0.4, -0.2) is 18.6 Å². The first-order valence-electron chi connectivity index (χ1n) is 4.65. The highest BCUT2D eigenvalue weighted by atomic mass is 79.9. The molecular weight excluding hydrogens is 278 g/mol. The standard InChI is InChI=1S/C10H16BrNS2/c1-8(6-13-2)4-12-5-9-3-10(11)14-7-9/h3,7-8,12H,4-6H2,1-2H3. The summed E-state index contributed by atoms with van der Waals surface area (Å²) in [5.74, 6) is 1.99. The Bertz CT molecular complexity index is 262. The van der Waals surface area contributed by atoms with E-state index in [0.29, 0.717) is 0 Å². The minimum absolute atomic E-state index is 0.757. The van der Waals surface area contributed by atoms with Gasteiger partial charge in [-0.05, 0) is 57.4 Å². The summed E-state index contributed by atoms with van der Waals surface area (Å²) in [5.41, 5.74) is 1.37. The lowest BCUT2D eigenvalue weighted by Crippen LogP contribution is -2.21. The SMILES string of the molecule is CSCC(C)CNCc1csc(Br)c1. The summed E-state index contributed by atoms with van der Waals surface area (Å²) < 4.78 is 1.21. The smallest absolute Gasteiger partial charge is 0.0701 e. The van der Waals surface area contributed by atoms with Crippen molar-refractivity contribution < 1.29 is 0 Å². The monoisotopic (exact) mass is 293 g/mol. The van der Waals surface area contributed by atoms with Crippen molar-refractivity contribution in [2.45, 2.75) is 13.5 Å². The van der Waals surface area contributed by atoms with E-state index < -0.39 is 0 Å². The number of thioether (sulfide) groups is 1. The number of rotatable bonds is 6. The first-order valence-corrected chi connectivity index (χ1v) is 7.71. The van der Waals surface area contributed by atoms with Gasteiger partial charge < -0.3 is 5.32 Å². The molecule has 0 aliphatic rings. The molecule has 0 spiro atoms. The summed E-state index contributed by atoms with van der Waals surface area (Å²) in [4.78, 5) is 0. The van der Waals surface area contributed by atoms with Crippen molar-refractivity contribution in [3.05, 3.63) is 20.8 Å². The fourth-order valence-corrected chi connectivity index (χ4v) is 3.14. The zero-order valence-corrected chi connectivity index (χ0v) is 11.8. The van der Waals surface area contributed by atoms with E-state index in [9.17, 15) is 0 Å². The second-order valence-electron chi connectivity index (χ2n) is 3.45. The average Bonchev–Trinajstić information content (AvgIpc) is 2.52. The lowest BCUT2D eigenvalue weighted by Gasteiger charge is -2.10. The Labute approximate surface area is 103 Å². The predicted molar refractivity (Wildman–Crippen MR) is 71.3 cm³/mol. The van der Waals surface area contributed by atoms with Crippen molar-refractivity contribution in [1.29, 1.82) is 0 Å². The highest BCUT2D eigenvalue weighted by Crippen LogP contribution is 2.20. The third kappa shape index (κ3) is 4.82. The van der Waals surface area contributed by atoms with E-state index in [1.807, 2.05) is 11.8 Å². The Morgan fingerprint density at radius 1 is 1.64 bits per heavy atom. The van der Waals surface area contributed by atoms with Crippen LogP contribution in [0.5, 0.6) is 0 Å². The summed E-state index contributed by atoms with van der Waals surface area (Å²) in [7, 11) is 0. The molecule has 1 aromatic rings. The first kappa shape index (κ1) is 12.6. The molecule has 1 nitrogen and oxygen atoms in total. The maximum absolute atomic E-state index is 3.47. The minimum atomic E-state index is 0.757. The predicted octanol–water partition coefficient (Wildman–Crippen LogP) is 3.60. The average molecular weight is 294 g/mol. The summed E-state index contributed by atoms with van der Waals surface area (Å²) in [6.45, 7) is 4.38. The van der Waals surface area contributed by atoms with Gasteiger partial charge in [0, 0.05) is 6.54 Å². The molecule has 0 bridgehead atoms. The summed E-state index contributed by atoms with van der Waals surface area (Å²) in [6.07, 6.45) is 2.16. The fourth-order valence-electron chi connectivity index (χ4n) is 1.24. The fraction of sp³-hybridized carbons (Fsp3) is 0.600. The Morgan fingerprint density at radius 2 is 2.43 bits per heavy atom. The molecule has 0 aliphatic heterocycles. The van der Waals surface area contributed by atoms with Crippen molar-refractivity contribution >= 4 is 39.0 Å². The second-order valence-corrected chi connectivity index (χ2v) is 6.65. The Morgan fingerprint density at radius 3 is 3.00 bits per heavy atom. The molecule has 80 valence electrons. The van der Waals surface area contributed by atoms with Crippen LogP contribution in [0, 0.1) is 5.92 Å². The van der Waals surface area contributed by atoms with Gasteiger partial charge in [0.2, 0.25) is 0 Å². The summed E-state index contributed by atoms with van der Waals surface area (Å²) in [5, 5.41) is 5.66. The van der Waals surface area contributed by atoms with Crippen LogP contribution in [-0.2, 0) is 6.54 Å². The summed E-state index contributed by atoms with van der Waals surface area (Å²) >= 11 is 7.13. The molecule has 1 heterocycles. The minimum Gasteiger partial charge on any atom is -0.312 e. The number of halogens is 1. The third-order valence-electron chi connectivity index (χ3n) is 1.89. The number of nitrogens with one attached hydrogen (secondary N) is 1. The molecule has 1 N–H and O–H groups in total. The molecule has 0 radical (unpaired) electrons. The maximum Gasteiger partial charge on any atom is 0.0701 e. The highest BCUT2D eigenvalue weighted by Gasteiger charge is 2.01. The van der Waals surface area contributed by atoms with Gasteiger partial charge in [-0.2, -0.15) is 11.8 Å². The molecule has 0 amide bonds. The molecule has 1 unspecified atom stereocenters. The van der Waals surface area contributed by atoms with Crippen molar-refractivity contribution in [3.8, 4) is 0 Å². The first-order chi connectivity index (χ1) is 6.72. The molecule has 0 saturated heterocycles. The second kappa shape index (κ2) is 6.88. The number of hydrogen-bond donors (Lipinski definition) is 1. The van der Waals surface area contributed by atoms with Gasteiger partial charge in [-0.15, -0.1) is 11.3 Å². The van der Waals surface area contributed by atoms with Crippen LogP contribution < -0.4 is 5.32 Å². The van der Waals surface area contributed by atoms with Crippen molar-refractivity contribution in [3.63, 3.8) is 0 Å². The van der Waals surface area contributed by atoms with Gasteiger partial charge in [-0.25, -0.2) is 0 Å². The van der Waals surface area contributed by atoms with E-state index in [1.54, 1.807) is 11.3 Å². The van der Waals surface area contributed by atoms with Crippen LogP contribution in [0.2, 0.25) is 0 Å². The molecule has 0 aromatic carbocycles. The zero-order valence-electron chi connectivity index (χ0n) is 8.55. The number of thiophene rings is 1. The topological polar surface area (TPSA) is 12.0 Å². The normalized spacial score (nSPS) is 13.1. The van der Waals surface area contributed by atoms with E-state index in [4.69, 9.17) is 0 Å². The Balaban J connectivity index is 2.15. The maximum atomic E-state index is 3.47. The van der Waals surface area contributed by atoms with E-state index in [-0.39, 0.29) is 0 Å². The molecule has 0 fully saturated rings. The van der Waals surface area contributed by atoms with E-state index in [2.05, 4.69) is 45.9 Å².